The molecule has 0 radical (unpaired) electrons. The normalized spacial score (nSPS) is 12.0. The fraction of sp³-hybridized carbons (Fsp3) is 0.636. The second-order valence-electron chi connectivity index (χ2n) is 4.32. The molecule has 1 aromatic rings. The molecule has 0 fully saturated rings. The van der Waals surface area contributed by atoms with Crippen molar-refractivity contribution in [1.29, 1.82) is 0 Å². The van der Waals surface area contributed by atoms with E-state index in [9.17, 15) is 0 Å². The molecule has 1 rings (SSSR count). The summed E-state index contributed by atoms with van der Waals surface area (Å²) < 4.78 is 5.48. The van der Waals surface area contributed by atoms with Crippen molar-refractivity contribution in [2.24, 2.45) is 0 Å². The Bertz CT molecular complexity index is 240. The van der Waals surface area contributed by atoms with Crippen LogP contribution in [0.4, 0.5) is 0 Å². The van der Waals surface area contributed by atoms with E-state index in [4.69, 9.17) is 4.42 Å². The third-order valence-corrected chi connectivity index (χ3v) is 1.93. The van der Waals surface area contributed by atoms with Crippen LogP contribution in [0.3, 0.4) is 0 Å². The van der Waals surface area contributed by atoms with Gasteiger partial charge in [-0.1, -0.05) is 34.1 Å². The SMILES string of the molecule is CCCc1coc(C(C)(C)C)c1. The summed E-state index contributed by atoms with van der Waals surface area (Å²) in [6, 6.07) is 2.17. The standard InChI is InChI=1S/C11H18O/c1-5-6-9-7-10(12-8-9)11(2,3)4/h7-8H,5-6H2,1-4H3. The molecule has 0 saturated carbocycles. The van der Waals surface area contributed by atoms with Crippen LogP contribution in [0.1, 0.15) is 45.4 Å². The lowest BCUT2D eigenvalue weighted by atomic mass is 9.93. The van der Waals surface area contributed by atoms with E-state index in [1.165, 1.54) is 12.0 Å². The van der Waals surface area contributed by atoms with Gasteiger partial charge in [-0.2, -0.15) is 0 Å². The predicted octanol–water partition coefficient (Wildman–Crippen LogP) is 3.53. The van der Waals surface area contributed by atoms with Crippen molar-refractivity contribution in [3.8, 4) is 0 Å². The van der Waals surface area contributed by atoms with Crippen molar-refractivity contribution >= 4 is 0 Å². The fourth-order valence-electron chi connectivity index (χ4n) is 1.19. The van der Waals surface area contributed by atoms with Crippen LogP contribution in [0.25, 0.3) is 0 Å². The summed E-state index contributed by atoms with van der Waals surface area (Å²) in [7, 11) is 0. The van der Waals surface area contributed by atoms with Crippen molar-refractivity contribution in [1.82, 2.24) is 0 Å². The average Bonchev–Trinajstić information content (AvgIpc) is 2.35. The lowest BCUT2D eigenvalue weighted by Gasteiger charge is -2.13. The Morgan fingerprint density at radius 3 is 2.42 bits per heavy atom. The van der Waals surface area contributed by atoms with Gasteiger partial charge in [-0.15, -0.1) is 0 Å². The number of hydrogen-bond acceptors (Lipinski definition) is 1. The number of rotatable bonds is 2. The topological polar surface area (TPSA) is 13.1 Å². The lowest BCUT2D eigenvalue weighted by molar-refractivity contribution is 0.409. The Morgan fingerprint density at radius 2 is 2.00 bits per heavy atom. The zero-order valence-corrected chi connectivity index (χ0v) is 8.48. The van der Waals surface area contributed by atoms with Crippen molar-refractivity contribution in [2.45, 2.75) is 46.0 Å². The van der Waals surface area contributed by atoms with E-state index in [1.54, 1.807) is 0 Å². The quantitative estimate of drug-likeness (QED) is 0.655. The summed E-state index contributed by atoms with van der Waals surface area (Å²) in [5.74, 6) is 1.09. The van der Waals surface area contributed by atoms with E-state index in [0.29, 0.717) is 0 Å². The van der Waals surface area contributed by atoms with Gasteiger partial charge in [0.15, 0.2) is 0 Å². The summed E-state index contributed by atoms with van der Waals surface area (Å²) >= 11 is 0. The molecule has 0 spiro atoms. The molecule has 0 aliphatic heterocycles. The maximum absolute atomic E-state index is 5.48. The van der Waals surface area contributed by atoms with Crippen LogP contribution in [0.15, 0.2) is 16.7 Å². The zero-order chi connectivity index (χ0) is 9.19. The molecular weight excluding hydrogens is 148 g/mol. The number of aryl methyl sites for hydroxylation is 1. The van der Waals surface area contributed by atoms with Gasteiger partial charge in [-0.25, -0.2) is 0 Å². The van der Waals surface area contributed by atoms with Crippen LogP contribution >= 0.6 is 0 Å². The molecule has 0 atom stereocenters. The second-order valence-corrected chi connectivity index (χ2v) is 4.32. The summed E-state index contributed by atoms with van der Waals surface area (Å²) in [5.41, 5.74) is 1.47. The molecular formula is C11H18O. The van der Waals surface area contributed by atoms with E-state index in [0.717, 1.165) is 12.2 Å². The first-order valence-electron chi connectivity index (χ1n) is 4.62. The highest BCUT2D eigenvalue weighted by Crippen LogP contribution is 2.24. The molecule has 1 nitrogen and oxygen atoms in total. The first-order valence-corrected chi connectivity index (χ1v) is 4.62. The molecule has 0 saturated heterocycles. The number of hydrogen-bond donors (Lipinski definition) is 0. The van der Waals surface area contributed by atoms with Crippen LogP contribution in [-0.4, -0.2) is 0 Å². The van der Waals surface area contributed by atoms with Gasteiger partial charge in [0.2, 0.25) is 0 Å². The number of furan rings is 1. The largest absolute Gasteiger partial charge is 0.469 e. The maximum atomic E-state index is 5.48. The molecule has 68 valence electrons. The van der Waals surface area contributed by atoms with Crippen molar-refractivity contribution in [3.05, 3.63) is 23.7 Å². The van der Waals surface area contributed by atoms with Crippen LogP contribution in [0, 0.1) is 0 Å². The average molecular weight is 166 g/mol. The van der Waals surface area contributed by atoms with Gasteiger partial charge in [-0.05, 0) is 18.1 Å². The van der Waals surface area contributed by atoms with E-state index in [2.05, 4.69) is 33.8 Å². The van der Waals surface area contributed by atoms with E-state index in [-0.39, 0.29) is 5.41 Å². The van der Waals surface area contributed by atoms with Gasteiger partial charge in [0, 0.05) is 5.41 Å². The Kier molecular flexibility index (Phi) is 2.61. The zero-order valence-electron chi connectivity index (χ0n) is 8.48. The summed E-state index contributed by atoms with van der Waals surface area (Å²) in [6.07, 6.45) is 4.19. The predicted molar refractivity (Wildman–Crippen MR) is 51.4 cm³/mol. The summed E-state index contributed by atoms with van der Waals surface area (Å²) in [4.78, 5) is 0. The molecule has 0 bridgehead atoms. The highest BCUT2D eigenvalue weighted by molar-refractivity contribution is 5.18. The third-order valence-electron chi connectivity index (χ3n) is 1.93. The minimum Gasteiger partial charge on any atom is -0.469 e. The van der Waals surface area contributed by atoms with Crippen LogP contribution in [0.2, 0.25) is 0 Å². The van der Waals surface area contributed by atoms with Gasteiger partial charge in [0.1, 0.15) is 5.76 Å². The monoisotopic (exact) mass is 166 g/mol. The Labute approximate surface area is 74.8 Å². The second kappa shape index (κ2) is 3.34. The Balaban J connectivity index is 2.77. The molecule has 0 N–H and O–H groups in total. The lowest BCUT2D eigenvalue weighted by Crippen LogP contribution is -2.09. The van der Waals surface area contributed by atoms with Crippen LogP contribution in [-0.2, 0) is 11.8 Å². The molecule has 1 heterocycles. The first kappa shape index (κ1) is 9.37. The first-order chi connectivity index (χ1) is 5.54. The Hall–Kier alpha value is -0.720. The molecule has 1 aromatic heterocycles. The molecule has 1 heteroatoms. The smallest absolute Gasteiger partial charge is 0.109 e. The molecule has 0 amide bonds. The Morgan fingerprint density at radius 1 is 1.33 bits per heavy atom. The maximum Gasteiger partial charge on any atom is 0.109 e. The minimum absolute atomic E-state index is 0.145. The van der Waals surface area contributed by atoms with E-state index < -0.39 is 0 Å². The van der Waals surface area contributed by atoms with Gasteiger partial charge in [0.05, 0.1) is 6.26 Å². The van der Waals surface area contributed by atoms with Gasteiger partial charge in [0.25, 0.3) is 0 Å². The van der Waals surface area contributed by atoms with E-state index in [1.807, 2.05) is 6.26 Å². The van der Waals surface area contributed by atoms with Crippen molar-refractivity contribution < 1.29 is 4.42 Å². The van der Waals surface area contributed by atoms with Gasteiger partial charge < -0.3 is 4.42 Å². The third kappa shape index (κ3) is 2.13. The van der Waals surface area contributed by atoms with Crippen molar-refractivity contribution in [3.63, 3.8) is 0 Å². The van der Waals surface area contributed by atoms with Crippen LogP contribution < -0.4 is 0 Å². The van der Waals surface area contributed by atoms with Crippen molar-refractivity contribution in [2.75, 3.05) is 0 Å². The molecule has 0 aliphatic carbocycles. The molecule has 0 unspecified atom stereocenters. The van der Waals surface area contributed by atoms with Gasteiger partial charge in [-0.3, -0.25) is 0 Å². The molecule has 12 heavy (non-hydrogen) atoms. The molecule has 0 aromatic carbocycles. The summed E-state index contributed by atoms with van der Waals surface area (Å²) in [5, 5.41) is 0. The van der Waals surface area contributed by atoms with Crippen LogP contribution in [0.5, 0.6) is 0 Å². The van der Waals surface area contributed by atoms with E-state index >= 15 is 0 Å². The van der Waals surface area contributed by atoms with Gasteiger partial charge >= 0.3 is 0 Å². The summed E-state index contributed by atoms with van der Waals surface area (Å²) in [6.45, 7) is 8.69. The minimum atomic E-state index is 0.145. The highest BCUT2D eigenvalue weighted by atomic mass is 16.3. The fourth-order valence-corrected chi connectivity index (χ4v) is 1.19. The molecule has 0 aliphatic rings. The highest BCUT2D eigenvalue weighted by Gasteiger charge is 2.17.